The minimum absolute atomic E-state index is 0.00208. The first kappa shape index (κ1) is 79.1. The number of carbonyl (C=O) groups is 4. The maximum Gasteiger partial charge on any atom is 0.335 e. The molecular formula is C75H114O12. The largest absolute Gasteiger partial charge is 0.479 e. The summed E-state index contributed by atoms with van der Waals surface area (Å²) in [6.45, 7) is 5.65. The van der Waals surface area contributed by atoms with Gasteiger partial charge in [-0.1, -0.05) is 236 Å². The van der Waals surface area contributed by atoms with Crippen LogP contribution in [0, 0.1) is 0 Å². The lowest BCUT2D eigenvalue weighted by molar-refractivity contribution is -0.301. The molecule has 1 aliphatic rings. The van der Waals surface area contributed by atoms with Gasteiger partial charge in [-0.3, -0.25) is 14.4 Å². The van der Waals surface area contributed by atoms with E-state index in [-0.39, 0.29) is 25.9 Å². The van der Waals surface area contributed by atoms with Crippen LogP contribution >= 0.6 is 0 Å². The predicted octanol–water partition coefficient (Wildman–Crippen LogP) is 18.2. The smallest absolute Gasteiger partial charge is 0.335 e. The Morgan fingerprint density at radius 3 is 1.16 bits per heavy atom. The van der Waals surface area contributed by atoms with E-state index < -0.39 is 67.3 Å². The van der Waals surface area contributed by atoms with Crippen molar-refractivity contribution in [3.8, 4) is 0 Å². The zero-order valence-corrected chi connectivity index (χ0v) is 53.7. The lowest BCUT2D eigenvalue weighted by atomic mass is 9.98. The highest BCUT2D eigenvalue weighted by Gasteiger charge is 2.50. The van der Waals surface area contributed by atoms with Crippen molar-refractivity contribution in [1.82, 2.24) is 0 Å². The van der Waals surface area contributed by atoms with Gasteiger partial charge in [0.1, 0.15) is 18.8 Å². The maximum atomic E-state index is 13.2. The number of aliphatic hydroxyl groups is 2. The number of allylic oxidation sites excluding steroid dienone is 28. The Labute approximate surface area is 526 Å². The van der Waals surface area contributed by atoms with Crippen molar-refractivity contribution in [1.29, 1.82) is 0 Å². The number of aliphatic carboxylic acids is 1. The quantitative estimate of drug-likeness (QED) is 0.0228. The molecule has 0 saturated carbocycles. The maximum absolute atomic E-state index is 13.2. The van der Waals surface area contributed by atoms with Gasteiger partial charge in [0.05, 0.1) is 6.61 Å². The second kappa shape index (κ2) is 60.4. The van der Waals surface area contributed by atoms with E-state index in [9.17, 15) is 34.5 Å². The molecule has 1 rings (SSSR count). The molecule has 3 N–H and O–H groups in total. The lowest BCUT2D eigenvalue weighted by Crippen LogP contribution is -2.61. The van der Waals surface area contributed by atoms with E-state index in [1.165, 1.54) is 19.3 Å². The molecule has 12 heteroatoms. The Kier molecular flexibility index (Phi) is 54.9. The van der Waals surface area contributed by atoms with Gasteiger partial charge in [0.2, 0.25) is 0 Å². The third kappa shape index (κ3) is 49.7. The van der Waals surface area contributed by atoms with Gasteiger partial charge in [-0.25, -0.2) is 4.79 Å². The van der Waals surface area contributed by atoms with Crippen molar-refractivity contribution in [2.45, 2.75) is 263 Å². The number of hydrogen-bond acceptors (Lipinski definition) is 11. The van der Waals surface area contributed by atoms with Gasteiger partial charge in [-0.05, 0) is 141 Å². The van der Waals surface area contributed by atoms with Gasteiger partial charge >= 0.3 is 23.9 Å². The Bertz CT molecular complexity index is 2160. The van der Waals surface area contributed by atoms with Crippen molar-refractivity contribution in [3.63, 3.8) is 0 Å². The number of carboxylic acids is 1. The van der Waals surface area contributed by atoms with Gasteiger partial charge in [0, 0.05) is 19.3 Å². The minimum atomic E-state index is -1.94. The van der Waals surface area contributed by atoms with Gasteiger partial charge in [0.25, 0.3) is 0 Å². The van der Waals surface area contributed by atoms with E-state index in [1.54, 1.807) is 0 Å². The number of aliphatic hydroxyl groups excluding tert-OH is 2. The summed E-state index contributed by atoms with van der Waals surface area (Å²) in [5.74, 6) is -3.32. The average Bonchev–Trinajstić information content (AvgIpc) is 2.56. The summed E-state index contributed by atoms with van der Waals surface area (Å²) in [6.07, 6.45) is 77.4. The molecule has 0 aliphatic carbocycles. The predicted molar refractivity (Wildman–Crippen MR) is 358 cm³/mol. The molecule has 0 aromatic carbocycles. The summed E-state index contributed by atoms with van der Waals surface area (Å²) in [6, 6.07) is 0. The molecule has 1 saturated heterocycles. The van der Waals surface area contributed by atoms with Crippen LogP contribution in [-0.2, 0) is 42.9 Å². The van der Waals surface area contributed by atoms with Crippen LogP contribution in [0.1, 0.15) is 226 Å². The summed E-state index contributed by atoms with van der Waals surface area (Å²) in [5, 5.41) is 31.6. The average molecular weight is 1210 g/mol. The fourth-order valence-electron chi connectivity index (χ4n) is 8.78. The fourth-order valence-corrected chi connectivity index (χ4v) is 8.78. The highest BCUT2D eigenvalue weighted by atomic mass is 16.7. The van der Waals surface area contributed by atoms with Crippen molar-refractivity contribution in [3.05, 3.63) is 170 Å². The summed E-state index contributed by atoms with van der Waals surface area (Å²) < 4.78 is 28.4. The number of rotatable bonds is 54. The molecular weight excluding hydrogens is 1090 g/mol. The van der Waals surface area contributed by atoms with Crippen LogP contribution in [0.15, 0.2) is 170 Å². The molecule has 1 aliphatic heterocycles. The summed E-state index contributed by atoms with van der Waals surface area (Å²) in [5.41, 5.74) is 0. The molecule has 6 unspecified atom stereocenters. The number of hydrogen-bond donors (Lipinski definition) is 3. The van der Waals surface area contributed by atoms with Crippen LogP contribution in [0.5, 0.6) is 0 Å². The molecule has 1 heterocycles. The van der Waals surface area contributed by atoms with E-state index in [1.807, 2.05) is 12.2 Å². The van der Waals surface area contributed by atoms with E-state index in [0.717, 1.165) is 141 Å². The van der Waals surface area contributed by atoms with Gasteiger partial charge in [0.15, 0.2) is 24.6 Å². The van der Waals surface area contributed by atoms with Crippen LogP contribution in [-0.4, -0.2) is 89.2 Å². The van der Waals surface area contributed by atoms with Crippen LogP contribution in [0.2, 0.25) is 0 Å². The van der Waals surface area contributed by atoms with Gasteiger partial charge in [-0.2, -0.15) is 0 Å². The highest BCUT2D eigenvalue weighted by molar-refractivity contribution is 5.74. The molecule has 0 aromatic heterocycles. The Morgan fingerprint density at radius 2 is 0.747 bits per heavy atom. The van der Waals surface area contributed by atoms with Gasteiger partial charge < -0.3 is 39.0 Å². The van der Waals surface area contributed by atoms with Crippen molar-refractivity contribution < 1.29 is 58.2 Å². The first-order chi connectivity index (χ1) is 42.6. The molecule has 87 heavy (non-hydrogen) atoms. The summed E-state index contributed by atoms with van der Waals surface area (Å²) >= 11 is 0. The number of unbranched alkanes of at least 4 members (excludes halogenated alkanes) is 12. The molecule has 12 nitrogen and oxygen atoms in total. The van der Waals surface area contributed by atoms with E-state index in [0.29, 0.717) is 25.7 Å². The molecule has 6 atom stereocenters. The number of esters is 3. The molecule has 0 bridgehead atoms. The SMILES string of the molecule is CC/C=C\C/C=C\C/C=C\C/C=C\C/C=C\C/C=C\CCC(=O)OCC(COC1OC(C(=O)O)C(O)C(O)C1OC(=O)CCCCC/C=C\C/C=C\C/C=C\C/C=C\C/C=C\CC)OC(=O)CCCCCCCC/C=C\C/C=C\C/C=C\CCCCC. The monoisotopic (exact) mass is 1210 g/mol. The minimum Gasteiger partial charge on any atom is -0.479 e. The Morgan fingerprint density at radius 1 is 0.391 bits per heavy atom. The normalized spacial score (nSPS) is 18.5. The Hall–Kier alpha value is -5.92. The number of carbonyl (C=O) groups excluding carboxylic acids is 3. The van der Waals surface area contributed by atoms with Crippen LogP contribution < -0.4 is 0 Å². The van der Waals surface area contributed by atoms with Crippen molar-refractivity contribution in [2.24, 2.45) is 0 Å². The lowest BCUT2D eigenvalue weighted by Gasteiger charge is -2.40. The molecule has 0 radical (unpaired) electrons. The second-order valence-corrected chi connectivity index (χ2v) is 21.6. The number of carboxylic acid groups (broad SMARTS) is 1. The topological polar surface area (TPSA) is 175 Å². The van der Waals surface area contributed by atoms with Crippen molar-refractivity contribution >= 4 is 23.9 Å². The summed E-state index contributed by atoms with van der Waals surface area (Å²) in [4.78, 5) is 51.4. The fraction of sp³-hybridized carbons (Fsp3) is 0.573. The van der Waals surface area contributed by atoms with E-state index in [2.05, 4.69) is 179 Å². The van der Waals surface area contributed by atoms with E-state index in [4.69, 9.17) is 23.7 Å². The zero-order chi connectivity index (χ0) is 63.1. The molecule has 486 valence electrons. The van der Waals surface area contributed by atoms with Crippen LogP contribution in [0.25, 0.3) is 0 Å². The first-order valence-corrected chi connectivity index (χ1v) is 33.1. The highest BCUT2D eigenvalue weighted by Crippen LogP contribution is 2.26. The van der Waals surface area contributed by atoms with Crippen LogP contribution in [0.4, 0.5) is 0 Å². The third-order valence-electron chi connectivity index (χ3n) is 13.8. The zero-order valence-electron chi connectivity index (χ0n) is 53.7. The molecule has 0 spiro atoms. The van der Waals surface area contributed by atoms with Gasteiger partial charge in [-0.15, -0.1) is 0 Å². The first-order valence-electron chi connectivity index (χ1n) is 33.1. The third-order valence-corrected chi connectivity index (χ3v) is 13.8. The van der Waals surface area contributed by atoms with E-state index >= 15 is 0 Å². The summed E-state index contributed by atoms with van der Waals surface area (Å²) in [7, 11) is 0. The molecule has 1 fully saturated rings. The number of ether oxygens (including phenoxy) is 5. The molecule has 0 amide bonds. The second-order valence-electron chi connectivity index (χ2n) is 21.6. The van der Waals surface area contributed by atoms with Crippen LogP contribution in [0.3, 0.4) is 0 Å². The Balaban J connectivity index is 2.75. The standard InChI is InChI=1S/C75H114O12/c1-4-7-10-13-16-19-22-25-28-31-34-37-40-43-46-49-52-55-58-61-67(76)83-64-66(85-68(77)62-59-56-53-50-47-44-41-38-35-32-29-26-23-20-17-14-11-8-5-2)65-84-75-73(71(80)70(79)72(87-75)74(81)82)86-69(78)63-60-57-54-51-48-45-42-39-36-33-30-27-24-21-18-15-12-9-6-3/h7,9-10,12,16-21,25-30,34-39,43,45-46,48,52,55,66,70-73,75,79-80H,4-6,8,11,13-15,22-24,31-33,40-42,44,47,49-51,53-54,56-65H2,1-3H3,(H,81,82)/b10-7-,12-9-,19-16-,20-17-,21-18-,28-25-,29-26-,30-27-,37-34-,38-35-,39-36-,46-43-,48-45-,55-52-. The molecule has 0 aromatic rings. The van der Waals surface area contributed by atoms with Crippen molar-refractivity contribution in [2.75, 3.05) is 13.2 Å².